The number of benzene rings is 3. The molecular weight excluding hydrogens is 534 g/mol. The first-order chi connectivity index (χ1) is 19.3. The first kappa shape index (κ1) is 25.8. The zero-order valence-electron chi connectivity index (χ0n) is 21.3. The minimum atomic E-state index is -1.23. The average Bonchev–Trinajstić information content (AvgIpc) is 3.24. The van der Waals surface area contributed by atoms with Crippen LogP contribution < -0.4 is 10.9 Å². The summed E-state index contributed by atoms with van der Waals surface area (Å²) in [6, 6.07) is 20.5. The Morgan fingerprint density at radius 2 is 1.27 bits per heavy atom. The molecule has 2 N–H and O–H groups in total. The third-order valence-electron chi connectivity index (χ3n) is 7.98. The number of carbonyl (C=O) groups is 5. The number of hydrogen-bond acceptors (Lipinski definition) is 6. The molecule has 3 atom stereocenters. The molecule has 3 aromatic carbocycles. The molecule has 1 saturated heterocycles. The standard InChI is InChI=1S/C30H24ClN3O6/c1-15(30(39)40-14-22(35)32-33-27(36)16-10-12-17(31)13-11-16)34-28(37)25-23-18-6-2-3-7-19(18)24(26(25)29(34)38)21-9-5-4-8-20(21)23/h2-13,15,23-26H,14H2,1H3,(H,32,35)(H,33,36)/t15-,23?,24?,25-,26+/m0/s1. The molecule has 1 heterocycles. The Labute approximate surface area is 234 Å². The first-order valence-electron chi connectivity index (χ1n) is 12.8. The second-order valence-electron chi connectivity index (χ2n) is 10.1. The third-order valence-corrected chi connectivity index (χ3v) is 8.23. The number of amides is 4. The average molecular weight is 558 g/mol. The van der Waals surface area contributed by atoms with Crippen LogP contribution in [0.2, 0.25) is 5.02 Å². The lowest BCUT2D eigenvalue weighted by Crippen LogP contribution is -2.47. The van der Waals surface area contributed by atoms with Crippen molar-refractivity contribution in [3.63, 3.8) is 0 Å². The fourth-order valence-corrected chi connectivity index (χ4v) is 6.41. The number of halogens is 1. The fourth-order valence-electron chi connectivity index (χ4n) is 6.28. The number of likely N-dealkylation sites (tertiary alicyclic amines) is 1. The molecule has 0 unspecified atom stereocenters. The van der Waals surface area contributed by atoms with Crippen LogP contribution in [-0.4, -0.2) is 47.1 Å². The lowest BCUT2D eigenvalue weighted by molar-refractivity contribution is -0.159. The van der Waals surface area contributed by atoms with Crippen molar-refractivity contribution in [2.75, 3.05) is 6.61 Å². The Bertz CT molecular complexity index is 1460. The lowest BCUT2D eigenvalue weighted by atomic mass is 9.55. The maximum Gasteiger partial charge on any atom is 0.329 e. The molecule has 40 heavy (non-hydrogen) atoms. The van der Waals surface area contributed by atoms with Crippen molar-refractivity contribution in [1.29, 1.82) is 0 Å². The van der Waals surface area contributed by atoms with E-state index in [2.05, 4.69) is 10.9 Å². The van der Waals surface area contributed by atoms with E-state index in [1.54, 1.807) is 0 Å². The summed E-state index contributed by atoms with van der Waals surface area (Å²) < 4.78 is 5.11. The van der Waals surface area contributed by atoms with Crippen LogP contribution in [0.3, 0.4) is 0 Å². The van der Waals surface area contributed by atoms with Gasteiger partial charge in [-0.15, -0.1) is 0 Å². The number of esters is 1. The number of imide groups is 1. The Kier molecular flexibility index (Phi) is 6.38. The number of nitrogens with one attached hydrogen (secondary N) is 2. The smallest absolute Gasteiger partial charge is 0.329 e. The van der Waals surface area contributed by atoms with Gasteiger partial charge in [0.15, 0.2) is 6.61 Å². The second-order valence-corrected chi connectivity index (χ2v) is 10.5. The van der Waals surface area contributed by atoms with E-state index in [1.165, 1.54) is 31.2 Å². The molecule has 9 nitrogen and oxygen atoms in total. The van der Waals surface area contributed by atoms with Gasteiger partial charge in [-0.1, -0.05) is 60.1 Å². The van der Waals surface area contributed by atoms with Crippen LogP contribution in [-0.2, 0) is 23.9 Å². The highest BCUT2D eigenvalue weighted by molar-refractivity contribution is 6.30. The highest BCUT2D eigenvalue weighted by atomic mass is 35.5. The van der Waals surface area contributed by atoms with E-state index in [0.717, 1.165) is 27.2 Å². The molecule has 0 radical (unpaired) electrons. The van der Waals surface area contributed by atoms with Crippen molar-refractivity contribution >= 4 is 41.2 Å². The van der Waals surface area contributed by atoms with Crippen molar-refractivity contribution < 1.29 is 28.7 Å². The Morgan fingerprint density at radius 3 is 1.75 bits per heavy atom. The molecule has 4 aliphatic rings. The fraction of sp³-hybridized carbons (Fsp3) is 0.233. The summed E-state index contributed by atoms with van der Waals surface area (Å²) >= 11 is 5.81. The molecule has 0 spiro atoms. The van der Waals surface area contributed by atoms with Crippen LogP contribution in [0.5, 0.6) is 0 Å². The van der Waals surface area contributed by atoms with Crippen molar-refractivity contribution in [1.82, 2.24) is 15.8 Å². The van der Waals surface area contributed by atoms with Crippen LogP contribution in [0.15, 0.2) is 72.8 Å². The second kappa shape index (κ2) is 9.91. The topological polar surface area (TPSA) is 122 Å². The Hall–Kier alpha value is -4.50. The summed E-state index contributed by atoms with van der Waals surface area (Å²) in [7, 11) is 0. The van der Waals surface area contributed by atoms with Gasteiger partial charge in [0.2, 0.25) is 11.8 Å². The molecule has 0 aromatic heterocycles. The molecule has 1 aliphatic heterocycles. The number of carbonyl (C=O) groups excluding carboxylic acids is 5. The van der Waals surface area contributed by atoms with Gasteiger partial charge in [-0.2, -0.15) is 0 Å². The molecule has 3 aromatic rings. The zero-order chi connectivity index (χ0) is 28.1. The van der Waals surface area contributed by atoms with Gasteiger partial charge in [-0.25, -0.2) is 4.79 Å². The minimum absolute atomic E-state index is 0.265. The van der Waals surface area contributed by atoms with E-state index in [4.69, 9.17) is 16.3 Å². The normalized spacial score (nSPS) is 22.6. The van der Waals surface area contributed by atoms with Gasteiger partial charge in [0.05, 0.1) is 11.8 Å². The predicted molar refractivity (Wildman–Crippen MR) is 143 cm³/mol. The van der Waals surface area contributed by atoms with Gasteiger partial charge in [-0.05, 0) is 53.4 Å². The number of nitrogens with zero attached hydrogens (tertiary/aromatic N) is 1. The maximum atomic E-state index is 13.7. The summed E-state index contributed by atoms with van der Waals surface area (Å²) in [6.07, 6.45) is 0. The highest BCUT2D eigenvalue weighted by Gasteiger charge is 2.62. The van der Waals surface area contributed by atoms with Crippen LogP contribution in [0.1, 0.15) is 51.4 Å². The minimum Gasteiger partial charge on any atom is -0.454 e. The zero-order valence-corrected chi connectivity index (χ0v) is 22.1. The van der Waals surface area contributed by atoms with Crippen molar-refractivity contribution in [2.45, 2.75) is 24.8 Å². The molecule has 2 bridgehead atoms. The predicted octanol–water partition coefficient (Wildman–Crippen LogP) is 2.92. The summed E-state index contributed by atoms with van der Waals surface area (Å²) in [5.41, 5.74) is 8.77. The van der Waals surface area contributed by atoms with Gasteiger partial charge in [0.25, 0.3) is 11.8 Å². The molecule has 3 aliphatic carbocycles. The first-order valence-corrected chi connectivity index (χ1v) is 13.2. The third kappa shape index (κ3) is 4.05. The van der Waals surface area contributed by atoms with E-state index in [-0.39, 0.29) is 17.4 Å². The highest BCUT2D eigenvalue weighted by Crippen LogP contribution is 2.61. The largest absolute Gasteiger partial charge is 0.454 e. The summed E-state index contributed by atoms with van der Waals surface area (Å²) in [6.45, 7) is 0.702. The van der Waals surface area contributed by atoms with E-state index in [9.17, 15) is 24.0 Å². The summed E-state index contributed by atoms with van der Waals surface area (Å²) in [4.78, 5) is 65.7. The molecule has 10 heteroatoms. The van der Waals surface area contributed by atoms with Crippen LogP contribution in [0.4, 0.5) is 0 Å². The van der Waals surface area contributed by atoms with E-state index in [1.807, 2.05) is 48.5 Å². The number of hydrogen-bond donors (Lipinski definition) is 2. The van der Waals surface area contributed by atoms with Crippen molar-refractivity contribution in [3.8, 4) is 0 Å². The number of ether oxygens (including phenoxy) is 1. The SMILES string of the molecule is C[C@@H](C(=O)OCC(=O)NNC(=O)c1ccc(Cl)cc1)N1C(=O)[C@@H]2C3c4ccccc4C(c4ccccc43)[C@@H]2C1=O. The van der Waals surface area contributed by atoms with Gasteiger partial charge in [-0.3, -0.25) is 34.9 Å². The molecule has 4 amide bonds. The van der Waals surface area contributed by atoms with Gasteiger partial charge in [0.1, 0.15) is 6.04 Å². The van der Waals surface area contributed by atoms with Crippen LogP contribution in [0.25, 0.3) is 0 Å². The summed E-state index contributed by atoms with van der Waals surface area (Å²) in [5.74, 6) is -4.94. The summed E-state index contributed by atoms with van der Waals surface area (Å²) in [5, 5.41) is 0.456. The molecule has 1 fully saturated rings. The molecule has 0 saturated carbocycles. The molecular formula is C30H24ClN3O6. The van der Waals surface area contributed by atoms with Gasteiger partial charge >= 0.3 is 5.97 Å². The lowest BCUT2D eigenvalue weighted by Gasteiger charge is -2.45. The molecule has 202 valence electrons. The molecule has 7 rings (SSSR count). The quantitative estimate of drug-likeness (QED) is 0.283. The number of hydrazine groups is 1. The van der Waals surface area contributed by atoms with Crippen molar-refractivity contribution in [2.24, 2.45) is 11.8 Å². The Balaban J connectivity index is 1.13. The van der Waals surface area contributed by atoms with Crippen molar-refractivity contribution in [3.05, 3.63) is 106 Å². The van der Waals surface area contributed by atoms with E-state index in [0.29, 0.717) is 5.02 Å². The van der Waals surface area contributed by atoms with Crippen LogP contribution >= 0.6 is 11.6 Å². The van der Waals surface area contributed by atoms with Crippen LogP contribution in [0, 0.1) is 11.8 Å². The van der Waals surface area contributed by atoms with Gasteiger partial charge in [0, 0.05) is 22.4 Å². The van der Waals surface area contributed by atoms with Gasteiger partial charge < -0.3 is 4.74 Å². The van der Waals surface area contributed by atoms with E-state index >= 15 is 0 Å². The Morgan fingerprint density at radius 1 is 0.800 bits per heavy atom. The maximum absolute atomic E-state index is 13.7. The monoisotopic (exact) mass is 557 g/mol. The number of rotatable bonds is 5. The van der Waals surface area contributed by atoms with E-state index < -0.39 is 54.1 Å².